The Labute approximate surface area is 193 Å². The van der Waals surface area contributed by atoms with Crippen molar-refractivity contribution in [2.24, 2.45) is 5.92 Å². The third-order valence-electron chi connectivity index (χ3n) is 5.91. The fourth-order valence-electron chi connectivity index (χ4n) is 4.11. The van der Waals surface area contributed by atoms with E-state index in [9.17, 15) is 14.4 Å². The normalized spacial score (nSPS) is 29.2. The highest BCUT2D eigenvalue weighted by atomic mass is 79.9. The first-order valence-corrected chi connectivity index (χ1v) is 12.0. The first kappa shape index (κ1) is 22.5. The zero-order valence-corrected chi connectivity index (χ0v) is 19.8. The molecule has 3 aliphatic rings. The van der Waals surface area contributed by atoms with Gasteiger partial charge < -0.3 is 14.5 Å². The standard InChI is InChI=1S/C20H26BrN5O4S/c1-24-17-15(19(28)25(2)20(24)29)18(31-11-14(27)26-7-9-30-10-8-26)23-16(22-17)12-3-5-13(21)6-4-12/h3-6,15-18,22-23H,7-11H2,1-2H3. The van der Waals surface area contributed by atoms with Crippen LogP contribution in [0.4, 0.5) is 4.79 Å². The summed E-state index contributed by atoms with van der Waals surface area (Å²) in [5, 5.41) is 6.56. The summed E-state index contributed by atoms with van der Waals surface area (Å²) >= 11 is 4.87. The van der Waals surface area contributed by atoms with Gasteiger partial charge in [-0.3, -0.25) is 25.1 Å². The van der Waals surface area contributed by atoms with Crippen molar-refractivity contribution in [3.63, 3.8) is 0 Å². The van der Waals surface area contributed by atoms with Crippen LogP contribution in [0.5, 0.6) is 0 Å². The van der Waals surface area contributed by atoms with Crippen LogP contribution >= 0.6 is 27.7 Å². The van der Waals surface area contributed by atoms with Gasteiger partial charge in [0.2, 0.25) is 11.8 Å². The molecule has 11 heteroatoms. The van der Waals surface area contributed by atoms with Crippen LogP contribution in [0.1, 0.15) is 11.7 Å². The summed E-state index contributed by atoms with van der Waals surface area (Å²) in [5.41, 5.74) is 0.985. The quantitative estimate of drug-likeness (QED) is 0.623. The van der Waals surface area contributed by atoms with E-state index in [0.29, 0.717) is 26.3 Å². The number of amides is 4. The summed E-state index contributed by atoms with van der Waals surface area (Å²) in [7, 11) is 3.19. The van der Waals surface area contributed by atoms with E-state index in [4.69, 9.17) is 4.74 Å². The highest BCUT2D eigenvalue weighted by molar-refractivity contribution is 9.10. The molecule has 2 N–H and O–H groups in total. The predicted octanol–water partition coefficient (Wildman–Crippen LogP) is 1.02. The van der Waals surface area contributed by atoms with Gasteiger partial charge in [0.25, 0.3) is 0 Å². The Balaban J connectivity index is 1.55. The number of ether oxygens (including phenoxy) is 1. The highest BCUT2D eigenvalue weighted by Crippen LogP contribution is 2.34. The number of carbonyl (C=O) groups is 3. The van der Waals surface area contributed by atoms with E-state index < -0.39 is 12.1 Å². The molecule has 0 radical (unpaired) electrons. The van der Waals surface area contributed by atoms with Gasteiger partial charge in [0, 0.05) is 31.7 Å². The summed E-state index contributed by atoms with van der Waals surface area (Å²) < 4.78 is 6.29. The summed E-state index contributed by atoms with van der Waals surface area (Å²) in [6.45, 7) is 2.28. The van der Waals surface area contributed by atoms with E-state index in [0.717, 1.165) is 14.9 Å². The van der Waals surface area contributed by atoms with E-state index in [1.54, 1.807) is 16.8 Å². The number of nitrogens with one attached hydrogen (secondary N) is 2. The largest absolute Gasteiger partial charge is 0.378 e. The fourth-order valence-corrected chi connectivity index (χ4v) is 5.59. The Morgan fingerprint density at radius 1 is 1.16 bits per heavy atom. The molecule has 0 bridgehead atoms. The highest BCUT2D eigenvalue weighted by Gasteiger charge is 2.51. The van der Waals surface area contributed by atoms with E-state index in [1.165, 1.54) is 18.8 Å². The smallest absolute Gasteiger partial charge is 0.327 e. The first-order valence-electron chi connectivity index (χ1n) is 10.2. The lowest BCUT2D eigenvalue weighted by atomic mass is 9.96. The van der Waals surface area contributed by atoms with Crippen molar-refractivity contribution in [1.29, 1.82) is 0 Å². The number of rotatable bonds is 4. The summed E-state index contributed by atoms with van der Waals surface area (Å²) in [6, 6.07) is 7.51. The minimum absolute atomic E-state index is 0.0337. The van der Waals surface area contributed by atoms with Crippen molar-refractivity contribution in [3.8, 4) is 0 Å². The number of urea groups is 1. The maximum Gasteiger partial charge on any atom is 0.327 e. The topological polar surface area (TPSA) is 94.2 Å². The van der Waals surface area contributed by atoms with Gasteiger partial charge in [-0.1, -0.05) is 28.1 Å². The van der Waals surface area contributed by atoms with Crippen LogP contribution in [0.15, 0.2) is 28.7 Å². The number of hydrogen-bond donors (Lipinski definition) is 2. The molecule has 4 unspecified atom stereocenters. The van der Waals surface area contributed by atoms with Crippen LogP contribution in [0.3, 0.4) is 0 Å². The number of hydrogen-bond acceptors (Lipinski definition) is 7. The van der Waals surface area contributed by atoms with Crippen molar-refractivity contribution in [3.05, 3.63) is 34.3 Å². The molecule has 3 saturated heterocycles. The molecule has 1 aromatic carbocycles. The third kappa shape index (κ3) is 4.61. The SMILES string of the molecule is CN1C(=O)C2C(SCC(=O)N3CCOCC3)NC(c3ccc(Br)cc3)NC2N(C)C1=O. The van der Waals surface area contributed by atoms with Gasteiger partial charge in [0.1, 0.15) is 0 Å². The number of fused-ring (bicyclic) bond motifs is 1. The van der Waals surface area contributed by atoms with Crippen LogP contribution in [-0.2, 0) is 14.3 Å². The Bertz CT molecular complexity index is 850. The van der Waals surface area contributed by atoms with Gasteiger partial charge >= 0.3 is 6.03 Å². The molecule has 0 aliphatic carbocycles. The monoisotopic (exact) mass is 511 g/mol. The molecule has 3 aliphatic heterocycles. The van der Waals surface area contributed by atoms with Crippen LogP contribution in [0.25, 0.3) is 0 Å². The molecular formula is C20H26BrN5O4S. The van der Waals surface area contributed by atoms with Gasteiger partial charge in [-0.2, -0.15) is 0 Å². The summed E-state index contributed by atoms with van der Waals surface area (Å²) in [5.74, 6) is -0.477. The van der Waals surface area contributed by atoms with Gasteiger partial charge in [0.05, 0.1) is 42.6 Å². The zero-order chi connectivity index (χ0) is 22.1. The molecule has 4 atom stereocenters. The summed E-state index contributed by atoms with van der Waals surface area (Å²) in [4.78, 5) is 42.8. The molecule has 31 heavy (non-hydrogen) atoms. The van der Waals surface area contributed by atoms with Crippen molar-refractivity contribution >= 4 is 45.5 Å². The minimum Gasteiger partial charge on any atom is -0.378 e. The van der Waals surface area contributed by atoms with E-state index in [2.05, 4.69) is 26.6 Å². The number of imide groups is 1. The Morgan fingerprint density at radius 2 is 1.84 bits per heavy atom. The zero-order valence-electron chi connectivity index (χ0n) is 17.4. The Morgan fingerprint density at radius 3 is 2.52 bits per heavy atom. The number of halogens is 1. The molecule has 0 aromatic heterocycles. The second-order valence-electron chi connectivity index (χ2n) is 7.80. The van der Waals surface area contributed by atoms with E-state index >= 15 is 0 Å². The minimum atomic E-state index is -0.512. The lowest BCUT2D eigenvalue weighted by molar-refractivity contribution is -0.140. The molecule has 0 saturated carbocycles. The van der Waals surface area contributed by atoms with E-state index in [1.807, 2.05) is 24.3 Å². The first-order chi connectivity index (χ1) is 14.9. The van der Waals surface area contributed by atoms with Gasteiger partial charge in [-0.25, -0.2) is 4.79 Å². The molecule has 3 heterocycles. The number of morpholine rings is 1. The number of carbonyl (C=O) groups excluding carboxylic acids is 3. The lowest BCUT2D eigenvalue weighted by Gasteiger charge is -2.50. The average molecular weight is 512 g/mol. The van der Waals surface area contributed by atoms with Crippen molar-refractivity contribution in [2.45, 2.75) is 17.7 Å². The van der Waals surface area contributed by atoms with Gasteiger partial charge in [0.15, 0.2) is 0 Å². The Hall–Kier alpha value is -1.66. The molecule has 4 rings (SSSR count). The predicted molar refractivity (Wildman–Crippen MR) is 120 cm³/mol. The van der Waals surface area contributed by atoms with Crippen LogP contribution in [0, 0.1) is 5.92 Å². The lowest BCUT2D eigenvalue weighted by Crippen LogP contribution is -2.72. The van der Waals surface area contributed by atoms with Crippen LogP contribution < -0.4 is 10.6 Å². The molecule has 168 valence electrons. The molecule has 3 fully saturated rings. The van der Waals surface area contributed by atoms with Crippen molar-refractivity contribution in [1.82, 2.24) is 25.3 Å². The van der Waals surface area contributed by atoms with Crippen LogP contribution in [-0.4, -0.2) is 90.2 Å². The molecule has 0 spiro atoms. The Kier molecular flexibility index (Phi) is 6.87. The van der Waals surface area contributed by atoms with Gasteiger partial charge in [-0.05, 0) is 17.7 Å². The number of nitrogens with zero attached hydrogens (tertiary/aromatic N) is 3. The van der Waals surface area contributed by atoms with Crippen LogP contribution in [0.2, 0.25) is 0 Å². The maximum atomic E-state index is 13.0. The second kappa shape index (κ2) is 9.45. The molecule has 1 aromatic rings. The molecular weight excluding hydrogens is 486 g/mol. The van der Waals surface area contributed by atoms with Crippen molar-refractivity contribution < 1.29 is 19.1 Å². The molecule has 9 nitrogen and oxygen atoms in total. The van der Waals surface area contributed by atoms with Gasteiger partial charge in [-0.15, -0.1) is 11.8 Å². The summed E-state index contributed by atoms with van der Waals surface area (Å²) in [6.07, 6.45) is -0.737. The average Bonchev–Trinajstić information content (AvgIpc) is 2.80. The maximum absolute atomic E-state index is 13.0. The second-order valence-corrected chi connectivity index (χ2v) is 9.85. The molecule has 4 amide bonds. The number of thioether (sulfide) groups is 1. The fraction of sp³-hybridized carbons (Fsp3) is 0.550. The van der Waals surface area contributed by atoms with Crippen molar-refractivity contribution in [2.75, 3.05) is 46.2 Å². The van der Waals surface area contributed by atoms with E-state index in [-0.39, 0.29) is 35.1 Å². The number of benzene rings is 1. The third-order valence-corrected chi connectivity index (χ3v) is 7.64.